The van der Waals surface area contributed by atoms with E-state index in [1.165, 1.54) is 6.21 Å². The Hall–Kier alpha value is -2.62. The molecule has 3 rings (SSSR count). The van der Waals surface area contributed by atoms with Crippen LogP contribution in [0.5, 0.6) is 0 Å². The summed E-state index contributed by atoms with van der Waals surface area (Å²) in [4.78, 5) is 4.50. The van der Waals surface area contributed by atoms with Crippen LogP contribution in [0.15, 0.2) is 59.9 Å². The molecule has 4 heteroatoms. The van der Waals surface area contributed by atoms with E-state index < -0.39 is 0 Å². The molecule has 0 bridgehead atoms. The fourth-order valence-electron chi connectivity index (χ4n) is 2.00. The molecule has 0 fully saturated rings. The van der Waals surface area contributed by atoms with E-state index in [0.717, 1.165) is 16.9 Å². The van der Waals surface area contributed by atoms with Crippen LogP contribution in [0.3, 0.4) is 0 Å². The third kappa shape index (κ3) is 1.64. The van der Waals surface area contributed by atoms with Crippen molar-refractivity contribution in [3.8, 4) is 11.4 Å². The number of oxime groups is 1. The van der Waals surface area contributed by atoms with Crippen molar-refractivity contribution < 1.29 is 5.21 Å². The predicted octanol–water partition coefficient (Wildman–Crippen LogP) is 2.81. The summed E-state index contributed by atoms with van der Waals surface area (Å²) in [5.41, 5.74) is 2.59. The lowest BCUT2D eigenvalue weighted by molar-refractivity contribution is 0.322. The first kappa shape index (κ1) is 10.5. The third-order valence-electron chi connectivity index (χ3n) is 2.79. The summed E-state index contributed by atoms with van der Waals surface area (Å²) in [5, 5.41) is 11.7. The molecule has 3 aromatic rings. The molecule has 88 valence electrons. The maximum absolute atomic E-state index is 8.68. The number of aromatic nitrogens is 2. The molecule has 0 amide bonds. The van der Waals surface area contributed by atoms with Gasteiger partial charge in [0, 0.05) is 11.8 Å². The topological polar surface area (TPSA) is 49.9 Å². The predicted molar refractivity (Wildman–Crippen MR) is 70.0 cm³/mol. The maximum Gasteiger partial charge on any atom is 0.145 e. The average molecular weight is 237 g/mol. The Kier molecular flexibility index (Phi) is 2.53. The zero-order valence-electron chi connectivity index (χ0n) is 9.56. The number of hydrogen-bond donors (Lipinski definition) is 1. The molecular formula is C14H11N3O. The van der Waals surface area contributed by atoms with Crippen molar-refractivity contribution in [3.05, 3.63) is 60.4 Å². The van der Waals surface area contributed by atoms with Gasteiger partial charge in [0.15, 0.2) is 0 Å². The summed E-state index contributed by atoms with van der Waals surface area (Å²) in [7, 11) is 0. The number of rotatable bonds is 2. The molecule has 0 radical (unpaired) electrons. The van der Waals surface area contributed by atoms with E-state index in [0.29, 0.717) is 5.69 Å². The van der Waals surface area contributed by atoms with Gasteiger partial charge in [-0.25, -0.2) is 4.98 Å². The van der Waals surface area contributed by atoms with E-state index in [9.17, 15) is 0 Å². The van der Waals surface area contributed by atoms with E-state index in [2.05, 4.69) is 10.1 Å². The molecule has 1 N–H and O–H groups in total. The molecule has 0 aliphatic rings. The van der Waals surface area contributed by atoms with Crippen LogP contribution in [0.25, 0.3) is 16.9 Å². The molecule has 18 heavy (non-hydrogen) atoms. The zero-order valence-corrected chi connectivity index (χ0v) is 9.56. The minimum absolute atomic E-state index is 0.650. The van der Waals surface area contributed by atoms with E-state index in [4.69, 9.17) is 5.21 Å². The van der Waals surface area contributed by atoms with Gasteiger partial charge >= 0.3 is 0 Å². The van der Waals surface area contributed by atoms with Crippen molar-refractivity contribution in [1.29, 1.82) is 0 Å². The zero-order chi connectivity index (χ0) is 12.4. The van der Waals surface area contributed by atoms with Gasteiger partial charge in [-0.05, 0) is 12.1 Å². The van der Waals surface area contributed by atoms with Gasteiger partial charge in [0.1, 0.15) is 11.5 Å². The molecule has 0 atom stereocenters. The second-order valence-electron chi connectivity index (χ2n) is 3.89. The molecule has 0 aliphatic carbocycles. The number of fused-ring (bicyclic) bond motifs is 1. The Bertz CT molecular complexity index is 701. The summed E-state index contributed by atoms with van der Waals surface area (Å²) >= 11 is 0. The van der Waals surface area contributed by atoms with E-state index in [1.54, 1.807) is 0 Å². The largest absolute Gasteiger partial charge is 0.411 e. The molecule has 2 heterocycles. The van der Waals surface area contributed by atoms with Crippen LogP contribution in [-0.2, 0) is 0 Å². The fraction of sp³-hybridized carbons (Fsp3) is 0. The minimum atomic E-state index is 0.650. The summed E-state index contributed by atoms with van der Waals surface area (Å²) in [6.45, 7) is 0. The lowest BCUT2D eigenvalue weighted by atomic mass is 10.2. The van der Waals surface area contributed by atoms with Crippen molar-refractivity contribution in [1.82, 2.24) is 9.38 Å². The smallest absolute Gasteiger partial charge is 0.145 e. The Balaban J connectivity index is 2.30. The Morgan fingerprint density at radius 3 is 2.61 bits per heavy atom. The molecular weight excluding hydrogens is 226 g/mol. The molecule has 0 unspecified atom stereocenters. The number of imidazole rings is 1. The Morgan fingerprint density at radius 1 is 1.06 bits per heavy atom. The highest BCUT2D eigenvalue weighted by Gasteiger charge is 2.10. The quantitative estimate of drug-likeness (QED) is 0.423. The Labute approximate surface area is 104 Å². The normalized spacial score (nSPS) is 11.3. The number of hydrogen-bond acceptors (Lipinski definition) is 3. The number of pyridine rings is 1. The summed E-state index contributed by atoms with van der Waals surface area (Å²) < 4.78 is 1.98. The van der Waals surface area contributed by atoms with Crippen molar-refractivity contribution in [3.63, 3.8) is 0 Å². The average Bonchev–Trinajstić information content (AvgIpc) is 2.80. The van der Waals surface area contributed by atoms with Crippen molar-refractivity contribution in [2.75, 3.05) is 0 Å². The number of benzene rings is 1. The summed E-state index contributed by atoms with van der Waals surface area (Å²) in [6, 6.07) is 15.7. The standard InChI is InChI=1S/C14H11N3O/c18-15-10-12-13-8-4-5-9-17(13)14(16-12)11-6-2-1-3-7-11/h1-10,18H/b15-10-. The second-order valence-corrected chi connectivity index (χ2v) is 3.89. The second kappa shape index (κ2) is 4.33. The van der Waals surface area contributed by atoms with Crippen LogP contribution in [0.2, 0.25) is 0 Å². The third-order valence-corrected chi connectivity index (χ3v) is 2.79. The van der Waals surface area contributed by atoms with Crippen LogP contribution in [0.1, 0.15) is 5.69 Å². The summed E-state index contributed by atoms with van der Waals surface area (Å²) in [6.07, 6.45) is 3.29. The van der Waals surface area contributed by atoms with E-state index in [-0.39, 0.29) is 0 Å². The molecule has 4 nitrogen and oxygen atoms in total. The van der Waals surface area contributed by atoms with Gasteiger partial charge in [-0.1, -0.05) is 41.6 Å². The van der Waals surface area contributed by atoms with Crippen LogP contribution in [0.4, 0.5) is 0 Å². The summed E-state index contributed by atoms with van der Waals surface area (Å²) in [5.74, 6) is 0.834. The van der Waals surface area contributed by atoms with Crippen molar-refractivity contribution in [2.45, 2.75) is 0 Å². The van der Waals surface area contributed by atoms with Gasteiger partial charge in [0.2, 0.25) is 0 Å². The van der Waals surface area contributed by atoms with Crippen LogP contribution in [0, 0.1) is 0 Å². The first-order valence-corrected chi connectivity index (χ1v) is 5.60. The van der Waals surface area contributed by atoms with E-state index in [1.807, 2.05) is 59.1 Å². The first-order valence-electron chi connectivity index (χ1n) is 5.60. The highest BCUT2D eigenvalue weighted by atomic mass is 16.4. The molecule has 2 aromatic heterocycles. The van der Waals surface area contributed by atoms with Gasteiger partial charge < -0.3 is 5.21 Å². The lowest BCUT2D eigenvalue weighted by Crippen LogP contribution is -1.87. The molecule has 0 aliphatic heterocycles. The minimum Gasteiger partial charge on any atom is -0.411 e. The highest BCUT2D eigenvalue weighted by molar-refractivity contribution is 5.88. The van der Waals surface area contributed by atoms with Crippen LogP contribution in [-0.4, -0.2) is 20.8 Å². The van der Waals surface area contributed by atoms with Gasteiger partial charge in [-0.2, -0.15) is 0 Å². The van der Waals surface area contributed by atoms with Gasteiger partial charge in [-0.3, -0.25) is 4.40 Å². The van der Waals surface area contributed by atoms with Crippen molar-refractivity contribution in [2.24, 2.45) is 5.16 Å². The molecule has 0 saturated carbocycles. The van der Waals surface area contributed by atoms with Gasteiger partial charge in [-0.15, -0.1) is 0 Å². The number of nitrogens with zero attached hydrogens (tertiary/aromatic N) is 3. The Morgan fingerprint density at radius 2 is 1.83 bits per heavy atom. The van der Waals surface area contributed by atoms with Crippen LogP contribution >= 0.6 is 0 Å². The SMILES string of the molecule is O/N=C\c1nc(-c2ccccc2)n2ccccc12. The first-order chi connectivity index (χ1) is 8.90. The molecule has 0 saturated heterocycles. The highest BCUT2D eigenvalue weighted by Crippen LogP contribution is 2.21. The maximum atomic E-state index is 8.68. The molecule has 1 aromatic carbocycles. The van der Waals surface area contributed by atoms with Gasteiger partial charge in [0.25, 0.3) is 0 Å². The lowest BCUT2D eigenvalue weighted by Gasteiger charge is -1.99. The van der Waals surface area contributed by atoms with Gasteiger partial charge in [0.05, 0.1) is 11.7 Å². The monoisotopic (exact) mass is 237 g/mol. The van der Waals surface area contributed by atoms with Crippen LogP contribution < -0.4 is 0 Å². The van der Waals surface area contributed by atoms with Crippen molar-refractivity contribution >= 4 is 11.7 Å². The molecule has 0 spiro atoms. The fourth-order valence-corrected chi connectivity index (χ4v) is 2.00. The van der Waals surface area contributed by atoms with E-state index >= 15 is 0 Å².